The van der Waals surface area contributed by atoms with Crippen molar-refractivity contribution in [2.45, 2.75) is 27.2 Å². The van der Waals surface area contributed by atoms with Crippen LogP contribution in [0, 0.1) is 11.2 Å². The van der Waals surface area contributed by atoms with E-state index in [4.69, 9.17) is 5.11 Å². The molecule has 0 aliphatic heterocycles. The van der Waals surface area contributed by atoms with E-state index in [1.807, 2.05) is 20.8 Å². The Hall–Kier alpha value is -1.58. The molecule has 0 spiro atoms. The molecule has 1 amide bonds. The second kappa shape index (κ2) is 4.51. The van der Waals surface area contributed by atoms with Crippen molar-refractivity contribution < 1.29 is 14.3 Å². The molecule has 0 fully saturated rings. The van der Waals surface area contributed by atoms with E-state index in [2.05, 4.69) is 5.32 Å². The van der Waals surface area contributed by atoms with Crippen LogP contribution in [0.1, 0.15) is 27.2 Å². The number of rotatable bonds is 3. The molecule has 0 aliphatic carbocycles. The summed E-state index contributed by atoms with van der Waals surface area (Å²) in [7, 11) is 0. The quantitative estimate of drug-likeness (QED) is 0.777. The summed E-state index contributed by atoms with van der Waals surface area (Å²) in [6, 6.07) is 3.77. The van der Waals surface area contributed by atoms with Crippen molar-refractivity contribution in [1.29, 1.82) is 0 Å². The lowest BCUT2D eigenvalue weighted by Gasteiger charge is -2.21. The molecule has 0 radical (unpaired) electrons. The van der Waals surface area contributed by atoms with Crippen LogP contribution >= 0.6 is 0 Å². The normalized spacial score (nSPS) is 11.2. The molecule has 0 saturated carbocycles. The standard InChI is InChI=1S/C12H16FNO2/c1-4-12(2,3)11(16)14-8-5-6-10(15)9(13)7-8/h5-7,15H,4H2,1-3H3,(H,14,16). The van der Waals surface area contributed by atoms with Crippen molar-refractivity contribution in [2.24, 2.45) is 5.41 Å². The first-order chi connectivity index (χ1) is 7.36. The second-order valence-corrected chi connectivity index (χ2v) is 4.36. The van der Waals surface area contributed by atoms with Gasteiger partial charge in [-0.15, -0.1) is 0 Å². The molecule has 1 aromatic rings. The van der Waals surface area contributed by atoms with Crippen molar-refractivity contribution in [3.8, 4) is 5.75 Å². The molecule has 0 bridgehead atoms. The third-order valence-corrected chi connectivity index (χ3v) is 2.70. The van der Waals surface area contributed by atoms with E-state index in [0.717, 1.165) is 6.07 Å². The van der Waals surface area contributed by atoms with Crippen LogP contribution < -0.4 is 5.32 Å². The molecule has 0 atom stereocenters. The Labute approximate surface area is 94.3 Å². The largest absolute Gasteiger partial charge is 0.505 e. The van der Waals surface area contributed by atoms with Gasteiger partial charge in [0, 0.05) is 17.2 Å². The molecule has 0 heterocycles. The highest BCUT2D eigenvalue weighted by Gasteiger charge is 2.25. The van der Waals surface area contributed by atoms with Gasteiger partial charge in [0.1, 0.15) is 0 Å². The summed E-state index contributed by atoms with van der Waals surface area (Å²) >= 11 is 0. The monoisotopic (exact) mass is 225 g/mol. The molecule has 3 nitrogen and oxygen atoms in total. The molecule has 16 heavy (non-hydrogen) atoms. The van der Waals surface area contributed by atoms with Crippen molar-refractivity contribution in [2.75, 3.05) is 5.32 Å². The van der Waals surface area contributed by atoms with Crippen molar-refractivity contribution in [3.05, 3.63) is 24.0 Å². The van der Waals surface area contributed by atoms with Gasteiger partial charge in [-0.25, -0.2) is 4.39 Å². The Morgan fingerprint density at radius 1 is 1.50 bits per heavy atom. The van der Waals surface area contributed by atoms with E-state index in [0.29, 0.717) is 12.1 Å². The highest BCUT2D eigenvalue weighted by atomic mass is 19.1. The maximum absolute atomic E-state index is 13.0. The number of hydrogen-bond acceptors (Lipinski definition) is 2. The number of phenolic OH excluding ortho intramolecular Hbond substituents is 1. The SMILES string of the molecule is CCC(C)(C)C(=O)Nc1ccc(O)c(F)c1. The topological polar surface area (TPSA) is 49.3 Å². The molecule has 2 N–H and O–H groups in total. The average Bonchev–Trinajstić information content (AvgIpc) is 2.23. The Morgan fingerprint density at radius 2 is 2.12 bits per heavy atom. The minimum absolute atomic E-state index is 0.167. The first kappa shape index (κ1) is 12.5. The molecule has 88 valence electrons. The van der Waals surface area contributed by atoms with Crippen molar-refractivity contribution >= 4 is 11.6 Å². The Morgan fingerprint density at radius 3 is 2.62 bits per heavy atom. The zero-order valence-corrected chi connectivity index (χ0v) is 9.67. The molecule has 1 aromatic carbocycles. The van der Waals surface area contributed by atoms with Gasteiger partial charge in [-0.05, 0) is 18.6 Å². The van der Waals surface area contributed by atoms with E-state index in [9.17, 15) is 9.18 Å². The van der Waals surface area contributed by atoms with Crippen molar-refractivity contribution in [1.82, 2.24) is 0 Å². The summed E-state index contributed by atoms with van der Waals surface area (Å²) in [6.07, 6.45) is 0.694. The minimum Gasteiger partial charge on any atom is -0.505 e. The first-order valence-electron chi connectivity index (χ1n) is 5.17. The Kier molecular flexibility index (Phi) is 3.52. The van der Waals surface area contributed by atoms with E-state index in [1.165, 1.54) is 12.1 Å². The summed E-state index contributed by atoms with van der Waals surface area (Å²) in [4.78, 5) is 11.8. The highest BCUT2D eigenvalue weighted by molar-refractivity contribution is 5.94. The predicted molar refractivity (Wildman–Crippen MR) is 60.8 cm³/mol. The smallest absolute Gasteiger partial charge is 0.230 e. The zero-order valence-electron chi connectivity index (χ0n) is 9.67. The van der Waals surface area contributed by atoms with Crippen molar-refractivity contribution in [3.63, 3.8) is 0 Å². The number of nitrogens with one attached hydrogen (secondary N) is 1. The number of amides is 1. The fraction of sp³-hybridized carbons (Fsp3) is 0.417. The van der Waals surface area contributed by atoms with Crippen LogP contribution in [-0.2, 0) is 4.79 Å². The molecule has 0 unspecified atom stereocenters. The van der Waals surface area contributed by atoms with Gasteiger partial charge < -0.3 is 10.4 Å². The maximum atomic E-state index is 13.0. The van der Waals surface area contributed by atoms with E-state index in [1.54, 1.807) is 0 Å². The number of carbonyl (C=O) groups excluding carboxylic acids is 1. The van der Waals surface area contributed by atoms with Crippen LogP contribution in [0.15, 0.2) is 18.2 Å². The van der Waals surface area contributed by atoms with E-state index >= 15 is 0 Å². The third-order valence-electron chi connectivity index (χ3n) is 2.70. The molecule has 0 aliphatic rings. The molecule has 0 aromatic heterocycles. The second-order valence-electron chi connectivity index (χ2n) is 4.36. The summed E-state index contributed by atoms with van der Waals surface area (Å²) < 4.78 is 13.0. The predicted octanol–water partition coefficient (Wildman–Crippen LogP) is 2.91. The fourth-order valence-corrected chi connectivity index (χ4v) is 1.05. The van der Waals surface area contributed by atoms with Gasteiger partial charge in [-0.3, -0.25) is 4.79 Å². The Bertz CT molecular complexity index is 402. The van der Waals surface area contributed by atoms with Gasteiger partial charge in [0.15, 0.2) is 11.6 Å². The lowest BCUT2D eigenvalue weighted by molar-refractivity contribution is -0.124. The number of phenols is 1. The number of carbonyl (C=O) groups is 1. The Balaban J connectivity index is 2.82. The first-order valence-corrected chi connectivity index (χ1v) is 5.17. The molecular formula is C12H16FNO2. The maximum Gasteiger partial charge on any atom is 0.230 e. The molecular weight excluding hydrogens is 209 g/mol. The number of hydrogen-bond donors (Lipinski definition) is 2. The number of halogens is 1. The van der Waals surface area contributed by atoms with Gasteiger partial charge in [0.25, 0.3) is 0 Å². The van der Waals surface area contributed by atoms with Crippen LogP contribution in [0.25, 0.3) is 0 Å². The summed E-state index contributed by atoms with van der Waals surface area (Å²) in [6.45, 7) is 5.55. The average molecular weight is 225 g/mol. The van der Waals surface area contributed by atoms with Gasteiger partial charge in [0.2, 0.25) is 5.91 Å². The lowest BCUT2D eigenvalue weighted by atomic mass is 9.89. The number of benzene rings is 1. The van der Waals surface area contributed by atoms with Gasteiger partial charge in [-0.2, -0.15) is 0 Å². The summed E-state index contributed by atoms with van der Waals surface area (Å²) in [5.74, 6) is -1.33. The summed E-state index contributed by atoms with van der Waals surface area (Å²) in [5.41, 5.74) is -0.143. The molecule has 1 rings (SSSR count). The van der Waals surface area contributed by atoms with Crippen LogP contribution in [0.3, 0.4) is 0 Å². The van der Waals surface area contributed by atoms with Crippen LogP contribution in [-0.4, -0.2) is 11.0 Å². The zero-order chi connectivity index (χ0) is 12.3. The summed E-state index contributed by atoms with van der Waals surface area (Å²) in [5, 5.41) is 11.6. The van der Waals surface area contributed by atoms with Gasteiger partial charge >= 0.3 is 0 Å². The van der Waals surface area contributed by atoms with E-state index in [-0.39, 0.29) is 5.91 Å². The van der Waals surface area contributed by atoms with Gasteiger partial charge in [-0.1, -0.05) is 20.8 Å². The van der Waals surface area contributed by atoms with Crippen LogP contribution in [0.2, 0.25) is 0 Å². The molecule has 4 heteroatoms. The fourth-order valence-electron chi connectivity index (χ4n) is 1.05. The number of anilines is 1. The molecule has 0 saturated heterocycles. The minimum atomic E-state index is -0.743. The van der Waals surface area contributed by atoms with Crippen LogP contribution in [0.5, 0.6) is 5.75 Å². The highest BCUT2D eigenvalue weighted by Crippen LogP contribution is 2.24. The van der Waals surface area contributed by atoms with Crippen LogP contribution in [0.4, 0.5) is 10.1 Å². The number of aromatic hydroxyl groups is 1. The van der Waals surface area contributed by atoms with E-state index < -0.39 is 17.0 Å². The third kappa shape index (κ3) is 2.72. The van der Waals surface area contributed by atoms with Gasteiger partial charge in [0.05, 0.1) is 0 Å². The lowest BCUT2D eigenvalue weighted by Crippen LogP contribution is -2.29.